The minimum atomic E-state index is -5.67. The third kappa shape index (κ3) is 13.2. The van der Waals surface area contributed by atoms with Crippen LogP contribution in [0.4, 0.5) is 51.7 Å². The summed E-state index contributed by atoms with van der Waals surface area (Å²) in [6.45, 7) is -0.922. The van der Waals surface area contributed by atoms with E-state index in [2.05, 4.69) is 50.2 Å². The molecular formula is C37H28ClN10O22S7-. The second-order valence-electron chi connectivity index (χ2n) is 15.1. The molecule has 0 aliphatic rings. The summed E-state index contributed by atoms with van der Waals surface area (Å²) < 4.78 is 238. The van der Waals surface area contributed by atoms with Crippen molar-refractivity contribution in [1.29, 1.82) is 0 Å². The van der Waals surface area contributed by atoms with E-state index < -0.39 is 175 Å². The fourth-order valence-electron chi connectivity index (χ4n) is 6.91. The number of nitrogens with one attached hydrogen (secondary N) is 2. The van der Waals surface area contributed by atoms with Crippen molar-refractivity contribution in [3.05, 3.63) is 90.2 Å². The molecule has 1 aromatic heterocycles. The molecule has 0 saturated carbocycles. The standard InChI is InChI=1S/C37H29ClN10O22S7/c38-35-42-36(40-18-3-1-4-20(15-18)71(50,51)12-11-70-77(67,68)69)44-37(43-35)41-19-7-10-26(73(55,56)57)24(16-19)46-47-31-27(74(58,59)60)13-17-14-28(75(61,62)63)32(33(49)29(17)30(31)39)48-45-23-9-8-21-22(34(23)76(64,65)66)5-2-6-25(21)72(52,53)54/h1-10,13-16,49H,11-12,39H2,(H,52,53,54)(H,55,56,57)(H,58,59,60)(H,61,62,63)(H,64,65,66)(H,67,68,69)(H2,40,41,42,43,44)/p-1. The number of nitrogens with two attached hydrogens (primary N) is 1. The lowest BCUT2D eigenvalue weighted by molar-refractivity contribution is 0.283. The van der Waals surface area contributed by atoms with E-state index in [1.165, 1.54) is 12.1 Å². The van der Waals surface area contributed by atoms with Gasteiger partial charge in [-0.25, -0.2) is 21.0 Å². The largest absolute Gasteiger partial charge is 0.744 e. The zero-order chi connectivity index (χ0) is 57.0. The van der Waals surface area contributed by atoms with Gasteiger partial charge in [-0.05, 0) is 77.7 Å². The van der Waals surface area contributed by atoms with Crippen molar-refractivity contribution in [2.45, 2.75) is 29.4 Å². The van der Waals surface area contributed by atoms with Crippen molar-refractivity contribution in [2.24, 2.45) is 20.5 Å². The van der Waals surface area contributed by atoms with Crippen LogP contribution in [0.5, 0.6) is 5.75 Å². The molecule has 0 radical (unpaired) electrons. The van der Waals surface area contributed by atoms with Crippen molar-refractivity contribution >= 4 is 156 Å². The van der Waals surface area contributed by atoms with E-state index >= 15 is 0 Å². The predicted octanol–water partition coefficient (Wildman–Crippen LogP) is 4.92. The summed E-state index contributed by atoms with van der Waals surface area (Å²) in [5.74, 6) is -3.05. The highest BCUT2D eigenvalue weighted by Crippen LogP contribution is 2.49. The molecule has 7 rings (SSSR count). The Morgan fingerprint density at radius 3 is 1.70 bits per heavy atom. The lowest BCUT2D eigenvalue weighted by Crippen LogP contribution is -2.15. The summed E-state index contributed by atoms with van der Waals surface area (Å²) in [5.41, 5.74) is 0.849. The van der Waals surface area contributed by atoms with Gasteiger partial charge in [0.1, 0.15) is 52.4 Å². The molecule has 0 amide bonds. The SMILES string of the molecule is Nc1c(N=Nc2cc(Nc3nc(Cl)nc(Nc4cccc(S(=O)(=O)CCOS(=O)(=O)O)c4)n3)ccc2S(=O)(=O)O)c(S(=O)(=O)O)cc2cc(S(=O)(=O)O)c(N=Nc3ccc4c(S(=O)(=O)O)cccc4c3S(=O)(=O)[O-])c(O)c12. The molecule has 10 N–H and O–H groups in total. The number of hydrogen-bond acceptors (Lipinski definition) is 27. The molecule has 7 aromatic rings. The van der Waals surface area contributed by atoms with Gasteiger partial charge < -0.3 is 26.0 Å². The molecular weight excluding hydrogens is 1200 g/mol. The van der Waals surface area contributed by atoms with Gasteiger partial charge >= 0.3 is 10.4 Å². The number of aromatic hydroxyl groups is 1. The van der Waals surface area contributed by atoms with Crippen LogP contribution in [0.2, 0.25) is 5.28 Å². The molecule has 0 bridgehead atoms. The Balaban J connectivity index is 1.30. The van der Waals surface area contributed by atoms with Gasteiger partial charge in [0, 0.05) is 22.1 Å². The molecule has 1 heterocycles. The molecule has 0 aliphatic carbocycles. The van der Waals surface area contributed by atoms with Gasteiger partial charge in [-0.15, -0.1) is 20.5 Å². The number of halogens is 1. The first kappa shape index (κ1) is 57.6. The van der Waals surface area contributed by atoms with Gasteiger partial charge in [-0.2, -0.15) is 57.0 Å². The summed E-state index contributed by atoms with van der Waals surface area (Å²) in [6, 6.07) is 12.6. The average molecular weight is 1220 g/mol. The fourth-order valence-corrected chi connectivity index (χ4v) is 12.1. The molecule has 0 atom stereocenters. The molecule has 77 heavy (non-hydrogen) atoms. The van der Waals surface area contributed by atoms with Crippen LogP contribution in [0.25, 0.3) is 21.5 Å². The minimum Gasteiger partial charge on any atom is -0.744 e. The van der Waals surface area contributed by atoms with Gasteiger partial charge in [0.05, 0.1) is 33.2 Å². The maximum absolute atomic E-state index is 12.8. The molecule has 408 valence electrons. The number of nitrogens with zero attached hydrogens (tertiary/aromatic N) is 7. The number of phenols is 1. The average Bonchev–Trinajstić information content (AvgIpc) is 3.28. The first-order valence-corrected chi connectivity index (χ1v) is 30.4. The summed E-state index contributed by atoms with van der Waals surface area (Å²) in [7, 11) is -36.2. The van der Waals surface area contributed by atoms with E-state index in [0.717, 1.165) is 54.6 Å². The Morgan fingerprint density at radius 2 is 1.13 bits per heavy atom. The number of nitrogen functional groups attached to an aromatic ring is 1. The van der Waals surface area contributed by atoms with Gasteiger partial charge in [-0.1, -0.05) is 24.3 Å². The lowest BCUT2D eigenvalue weighted by Gasteiger charge is -2.15. The van der Waals surface area contributed by atoms with E-state index in [9.17, 15) is 86.8 Å². The number of rotatable bonds is 18. The number of phenolic OH excluding ortho intramolecular Hbond substituents is 1. The number of aromatic nitrogens is 3. The Labute approximate surface area is 438 Å². The minimum absolute atomic E-state index is 0.0226. The molecule has 6 aromatic carbocycles. The molecule has 0 fully saturated rings. The fraction of sp³-hybridized carbons (Fsp3) is 0.0541. The maximum Gasteiger partial charge on any atom is 0.397 e. The number of fused-ring (bicyclic) bond motifs is 2. The molecule has 32 nitrogen and oxygen atoms in total. The van der Waals surface area contributed by atoms with Crippen molar-refractivity contribution in [3.8, 4) is 5.75 Å². The van der Waals surface area contributed by atoms with Crippen molar-refractivity contribution < 1.29 is 95.5 Å². The third-order valence-electron chi connectivity index (χ3n) is 10.00. The molecule has 0 unspecified atom stereocenters. The van der Waals surface area contributed by atoms with E-state index in [1.807, 2.05) is 0 Å². The van der Waals surface area contributed by atoms with Crippen LogP contribution in [-0.4, -0.2) is 119 Å². The Bertz CT molecular complexity index is 4550. The monoisotopic (exact) mass is 1220 g/mol. The number of sulfone groups is 1. The highest BCUT2D eigenvalue weighted by atomic mass is 35.5. The molecule has 0 saturated heterocycles. The van der Waals surface area contributed by atoms with Gasteiger partial charge in [0.25, 0.3) is 40.5 Å². The summed E-state index contributed by atoms with van der Waals surface area (Å²) >= 11 is 6.10. The van der Waals surface area contributed by atoms with Crippen LogP contribution < -0.4 is 16.4 Å². The normalized spacial score (nSPS) is 13.2. The van der Waals surface area contributed by atoms with Crippen LogP contribution >= 0.6 is 11.6 Å². The summed E-state index contributed by atoms with van der Waals surface area (Å²) in [6.07, 6.45) is 0. The van der Waals surface area contributed by atoms with Gasteiger partial charge in [-0.3, -0.25) is 22.8 Å². The van der Waals surface area contributed by atoms with Crippen LogP contribution in [0.1, 0.15) is 0 Å². The van der Waals surface area contributed by atoms with E-state index in [1.54, 1.807) is 0 Å². The van der Waals surface area contributed by atoms with Crippen LogP contribution in [-0.2, 0) is 75.0 Å². The van der Waals surface area contributed by atoms with E-state index in [4.69, 9.17) is 21.9 Å². The topological polar surface area (TPSA) is 531 Å². The maximum atomic E-state index is 12.8. The summed E-state index contributed by atoms with van der Waals surface area (Å²) in [5, 5.41) is 28.1. The van der Waals surface area contributed by atoms with Gasteiger partial charge in [0.15, 0.2) is 15.6 Å². The number of anilines is 5. The highest BCUT2D eigenvalue weighted by molar-refractivity contribution is 7.91. The Kier molecular flexibility index (Phi) is 15.5. The first-order chi connectivity index (χ1) is 35.4. The second-order valence-corrected chi connectivity index (χ2v) is 25.5. The van der Waals surface area contributed by atoms with E-state index in [-0.39, 0.29) is 22.2 Å². The second kappa shape index (κ2) is 20.7. The van der Waals surface area contributed by atoms with Crippen molar-refractivity contribution in [2.75, 3.05) is 28.7 Å². The van der Waals surface area contributed by atoms with Crippen LogP contribution in [0.15, 0.2) is 135 Å². The quantitative estimate of drug-likeness (QED) is 0.0313. The molecule has 0 spiro atoms. The van der Waals surface area contributed by atoms with Gasteiger partial charge in [0.2, 0.25) is 17.2 Å². The summed E-state index contributed by atoms with van der Waals surface area (Å²) in [4.78, 5) is 5.64. The van der Waals surface area contributed by atoms with Crippen molar-refractivity contribution in [3.63, 3.8) is 0 Å². The smallest absolute Gasteiger partial charge is 0.397 e. The molecule has 0 aliphatic heterocycles. The zero-order valence-electron chi connectivity index (χ0n) is 37.2. The van der Waals surface area contributed by atoms with E-state index in [0.29, 0.717) is 18.2 Å². The van der Waals surface area contributed by atoms with Crippen LogP contribution in [0.3, 0.4) is 0 Å². The number of benzene rings is 6. The number of azo groups is 2. The highest BCUT2D eigenvalue weighted by Gasteiger charge is 2.29. The molecule has 40 heteroatoms. The lowest BCUT2D eigenvalue weighted by atomic mass is 10.1. The Morgan fingerprint density at radius 1 is 0.584 bits per heavy atom. The van der Waals surface area contributed by atoms with Crippen molar-refractivity contribution in [1.82, 2.24) is 15.0 Å². The Hall–Kier alpha value is -7.09. The predicted molar refractivity (Wildman–Crippen MR) is 263 cm³/mol. The first-order valence-electron chi connectivity index (χ1n) is 19.8. The number of hydrogen-bond donors (Lipinski definition) is 9. The third-order valence-corrected chi connectivity index (χ3v) is 16.8. The van der Waals surface area contributed by atoms with Crippen LogP contribution in [0, 0.1) is 0 Å². The zero-order valence-corrected chi connectivity index (χ0v) is 43.6.